The van der Waals surface area contributed by atoms with Crippen molar-refractivity contribution in [3.8, 4) is 0 Å². The van der Waals surface area contributed by atoms with Gasteiger partial charge >= 0.3 is 0 Å². The number of nitrogens with zero attached hydrogens (tertiary/aromatic N) is 1. The topological polar surface area (TPSA) is 12.4 Å². The van der Waals surface area contributed by atoms with Crippen LogP contribution in [0.3, 0.4) is 0 Å². The molecule has 0 atom stereocenters. The summed E-state index contributed by atoms with van der Waals surface area (Å²) in [6, 6.07) is 0. The van der Waals surface area contributed by atoms with E-state index in [9.17, 15) is 0 Å². The van der Waals surface area contributed by atoms with Gasteiger partial charge in [0.15, 0.2) is 0 Å². The first-order chi connectivity index (χ1) is 3.31. The average Bonchev–Trinajstić information content (AvgIpc) is 1.68. The van der Waals surface area contributed by atoms with E-state index in [0.717, 1.165) is 12.1 Å². The van der Waals surface area contributed by atoms with Crippen molar-refractivity contribution in [3.05, 3.63) is 24.9 Å². The molecule has 0 radical (unpaired) electrons. The molecule has 0 saturated carbocycles. The van der Waals surface area contributed by atoms with E-state index in [1.165, 1.54) is 0 Å². The minimum Gasteiger partial charge on any atom is -0.269 e. The first kappa shape index (κ1) is 6.15. The lowest BCUT2D eigenvalue weighted by Crippen LogP contribution is -1.66. The third-order valence-corrected chi connectivity index (χ3v) is 0.604. The Kier molecular flexibility index (Phi) is 2.94. The van der Waals surface area contributed by atoms with E-state index >= 15 is 0 Å². The van der Waals surface area contributed by atoms with Gasteiger partial charge in [-0.2, -0.15) is 0 Å². The molecule has 0 fully saturated rings. The number of rotatable bonds is 3. The second-order valence-electron chi connectivity index (χ2n) is 1.22. The molecule has 1 heteroatoms. The molecule has 0 amide bonds. The van der Waals surface area contributed by atoms with Crippen molar-refractivity contribution < 1.29 is 0 Å². The number of hydrogen-bond acceptors (Lipinski definition) is 1. The fourth-order valence-electron chi connectivity index (χ4n) is 0.231. The van der Waals surface area contributed by atoms with Crippen LogP contribution in [0.25, 0.3) is 0 Å². The Bertz CT molecular complexity index is 92.4. The number of allylic oxidation sites excluding steroid dienone is 1. The molecule has 0 spiro atoms. The van der Waals surface area contributed by atoms with Crippen molar-refractivity contribution in [2.45, 2.75) is 6.42 Å². The molecule has 0 aromatic heterocycles. The minimum atomic E-state index is 0.740. The standard InChI is InChI=1S/C6H9N/c1-4-5-6(2)7-3/h4H,1-3,5H2. The fourth-order valence-corrected chi connectivity index (χ4v) is 0.231. The van der Waals surface area contributed by atoms with Crippen molar-refractivity contribution >= 4 is 6.72 Å². The Labute approximate surface area is 44.1 Å². The Balaban J connectivity index is 3.36. The summed E-state index contributed by atoms with van der Waals surface area (Å²) in [5.41, 5.74) is 0.773. The van der Waals surface area contributed by atoms with Gasteiger partial charge in [-0.05, 0) is 6.72 Å². The van der Waals surface area contributed by atoms with Gasteiger partial charge in [0.25, 0.3) is 0 Å². The highest BCUT2D eigenvalue weighted by Crippen LogP contribution is 1.95. The normalized spacial score (nSPS) is 7.43. The quantitative estimate of drug-likeness (QED) is 0.374. The minimum absolute atomic E-state index is 0.740. The monoisotopic (exact) mass is 95.1 g/mol. The summed E-state index contributed by atoms with van der Waals surface area (Å²) >= 11 is 0. The SMILES string of the molecule is C=CCC(=C)N=C. The van der Waals surface area contributed by atoms with Crippen LogP contribution in [0.1, 0.15) is 6.42 Å². The molecule has 0 bridgehead atoms. The summed E-state index contributed by atoms with van der Waals surface area (Å²) < 4.78 is 0. The van der Waals surface area contributed by atoms with Gasteiger partial charge in [0, 0.05) is 12.1 Å². The number of hydrogen-bond donors (Lipinski definition) is 0. The van der Waals surface area contributed by atoms with Crippen LogP contribution in [0, 0.1) is 0 Å². The lowest BCUT2D eigenvalue weighted by atomic mass is 10.3. The molecule has 0 heterocycles. The molecule has 0 aromatic carbocycles. The third kappa shape index (κ3) is 2.97. The van der Waals surface area contributed by atoms with Gasteiger partial charge in [-0.25, -0.2) is 0 Å². The van der Waals surface area contributed by atoms with Crippen molar-refractivity contribution in [2.24, 2.45) is 4.99 Å². The van der Waals surface area contributed by atoms with Crippen molar-refractivity contribution in [2.75, 3.05) is 0 Å². The van der Waals surface area contributed by atoms with Crippen molar-refractivity contribution in [1.82, 2.24) is 0 Å². The van der Waals surface area contributed by atoms with Crippen LogP contribution >= 0.6 is 0 Å². The first-order valence-electron chi connectivity index (χ1n) is 2.06. The Morgan fingerprint density at radius 2 is 2.29 bits per heavy atom. The van der Waals surface area contributed by atoms with Crippen LogP contribution in [0.15, 0.2) is 29.9 Å². The Hall–Kier alpha value is -0.850. The van der Waals surface area contributed by atoms with Crippen molar-refractivity contribution in [3.63, 3.8) is 0 Å². The Morgan fingerprint density at radius 1 is 1.71 bits per heavy atom. The van der Waals surface area contributed by atoms with Crippen LogP contribution in [-0.2, 0) is 0 Å². The van der Waals surface area contributed by atoms with E-state index in [0.29, 0.717) is 0 Å². The predicted octanol–water partition coefficient (Wildman–Crippen LogP) is 1.78. The van der Waals surface area contributed by atoms with E-state index in [1.54, 1.807) is 6.08 Å². The molecule has 0 rings (SSSR count). The summed E-state index contributed by atoms with van der Waals surface area (Å²) in [6.45, 7) is 10.3. The lowest BCUT2D eigenvalue weighted by Gasteiger charge is -1.85. The lowest BCUT2D eigenvalue weighted by molar-refractivity contribution is 1.19. The van der Waals surface area contributed by atoms with Gasteiger partial charge in [-0.1, -0.05) is 12.7 Å². The molecule has 0 aromatic rings. The van der Waals surface area contributed by atoms with Crippen LogP contribution in [0.2, 0.25) is 0 Å². The van der Waals surface area contributed by atoms with E-state index in [1.807, 2.05) is 0 Å². The van der Waals surface area contributed by atoms with E-state index in [2.05, 4.69) is 24.9 Å². The summed E-state index contributed by atoms with van der Waals surface area (Å²) in [6.07, 6.45) is 2.49. The van der Waals surface area contributed by atoms with Gasteiger partial charge in [-0.3, -0.25) is 4.99 Å². The van der Waals surface area contributed by atoms with Gasteiger partial charge in [0.1, 0.15) is 0 Å². The van der Waals surface area contributed by atoms with Gasteiger partial charge in [-0.15, -0.1) is 6.58 Å². The zero-order valence-corrected chi connectivity index (χ0v) is 4.35. The van der Waals surface area contributed by atoms with Crippen LogP contribution in [0.4, 0.5) is 0 Å². The maximum Gasteiger partial charge on any atom is 0.0362 e. The molecule has 0 aliphatic heterocycles. The molecule has 0 N–H and O–H groups in total. The molecule has 1 nitrogen and oxygen atoms in total. The fraction of sp³-hybridized carbons (Fsp3) is 0.167. The van der Waals surface area contributed by atoms with Gasteiger partial charge in [0.2, 0.25) is 0 Å². The highest BCUT2D eigenvalue weighted by Gasteiger charge is 1.77. The summed E-state index contributed by atoms with van der Waals surface area (Å²) in [4.78, 5) is 3.56. The maximum atomic E-state index is 3.56. The zero-order valence-electron chi connectivity index (χ0n) is 4.35. The average molecular weight is 95.1 g/mol. The Morgan fingerprint density at radius 3 is 2.43 bits per heavy atom. The van der Waals surface area contributed by atoms with Crippen LogP contribution in [-0.4, -0.2) is 6.72 Å². The molecule has 38 valence electrons. The molecule has 0 unspecified atom stereocenters. The molecule has 7 heavy (non-hydrogen) atoms. The van der Waals surface area contributed by atoms with E-state index < -0.39 is 0 Å². The van der Waals surface area contributed by atoms with E-state index in [4.69, 9.17) is 0 Å². The van der Waals surface area contributed by atoms with Gasteiger partial charge < -0.3 is 0 Å². The van der Waals surface area contributed by atoms with Gasteiger partial charge in [0.05, 0.1) is 0 Å². The summed E-state index contributed by atoms with van der Waals surface area (Å²) in [5.74, 6) is 0. The third-order valence-electron chi connectivity index (χ3n) is 0.604. The maximum absolute atomic E-state index is 3.56. The smallest absolute Gasteiger partial charge is 0.0362 e. The van der Waals surface area contributed by atoms with Crippen molar-refractivity contribution in [1.29, 1.82) is 0 Å². The van der Waals surface area contributed by atoms with Crippen LogP contribution in [0.5, 0.6) is 0 Å². The molecular formula is C6H9N. The molecular weight excluding hydrogens is 86.1 g/mol. The highest BCUT2D eigenvalue weighted by atomic mass is 14.7. The summed E-state index contributed by atoms with van der Waals surface area (Å²) in [5, 5.41) is 0. The molecule has 0 aliphatic carbocycles. The van der Waals surface area contributed by atoms with Crippen LogP contribution < -0.4 is 0 Å². The molecule has 0 saturated heterocycles. The summed E-state index contributed by atoms with van der Waals surface area (Å²) in [7, 11) is 0. The van der Waals surface area contributed by atoms with E-state index in [-0.39, 0.29) is 0 Å². The molecule has 0 aliphatic rings. The highest BCUT2D eigenvalue weighted by molar-refractivity contribution is 5.28. The largest absolute Gasteiger partial charge is 0.269 e. The zero-order chi connectivity index (χ0) is 5.70. The second kappa shape index (κ2) is 3.34. The second-order valence-corrected chi connectivity index (χ2v) is 1.22. The first-order valence-corrected chi connectivity index (χ1v) is 2.06. The predicted molar refractivity (Wildman–Crippen MR) is 33.5 cm³/mol. The number of aliphatic imine (C=N–C) groups is 1.